The van der Waals surface area contributed by atoms with Crippen molar-refractivity contribution < 1.29 is 0 Å². The van der Waals surface area contributed by atoms with E-state index in [4.69, 9.17) is 5.73 Å². The van der Waals surface area contributed by atoms with Gasteiger partial charge in [0.05, 0.1) is 11.0 Å². The maximum absolute atomic E-state index is 5.92. The van der Waals surface area contributed by atoms with Crippen molar-refractivity contribution in [2.45, 2.75) is 6.42 Å². The molecule has 84 valence electrons. The number of nitrogen functional groups attached to an aromatic ring is 1. The molecule has 0 atom stereocenters. The fourth-order valence-corrected chi connectivity index (χ4v) is 1.96. The van der Waals surface area contributed by atoms with Crippen LogP contribution in [0, 0.1) is 0 Å². The molecule has 3 rings (SSSR count). The van der Waals surface area contributed by atoms with Gasteiger partial charge in [-0.2, -0.15) is 0 Å². The van der Waals surface area contributed by atoms with Gasteiger partial charge in [-0.05, 0) is 23.8 Å². The SMILES string of the molecule is Nc1ccccc1Cc1nc2ccccc2[nH]1. The topological polar surface area (TPSA) is 54.7 Å². The predicted molar refractivity (Wildman–Crippen MR) is 69.8 cm³/mol. The summed E-state index contributed by atoms with van der Waals surface area (Å²) in [4.78, 5) is 7.84. The van der Waals surface area contributed by atoms with Crippen molar-refractivity contribution in [1.29, 1.82) is 0 Å². The number of nitrogens with one attached hydrogen (secondary N) is 1. The summed E-state index contributed by atoms with van der Waals surface area (Å²) < 4.78 is 0. The number of para-hydroxylation sites is 3. The molecule has 3 N–H and O–H groups in total. The van der Waals surface area contributed by atoms with Crippen molar-refractivity contribution in [3.63, 3.8) is 0 Å². The number of anilines is 1. The normalized spacial score (nSPS) is 10.8. The number of aromatic nitrogens is 2. The van der Waals surface area contributed by atoms with Gasteiger partial charge < -0.3 is 10.7 Å². The van der Waals surface area contributed by atoms with Crippen molar-refractivity contribution in [2.75, 3.05) is 5.73 Å². The van der Waals surface area contributed by atoms with E-state index < -0.39 is 0 Å². The molecular formula is C14H13N3. The lowest BCUT2D eigenvalue weighted by molar-refractivity contribution is 1.04. The molecule has 0 unspecified atom stereocenters. The maximum Gasteiger partial charge on any atom is 0.111 e. The third-order valence-electron chi connectivity index (χ3n) is 2.85. The van der Waals surface area contributed by atoms with Gasteiger partial charge in [0.2, 0.25) is 0 Å². The smallest absolute Gasteiger partial charge is 0.111 e. The molecule has 17 heavy (non-hydrogen) atoms. The predicted octanol–water partition coefficient (Wildman–Crippen LogP) is 2.74. The van der Waals surface area contributed by atoms with Crippen molar-refractivity contribution >= 4 is 16.7 Å². The second kappa shape index (κ2) is 3.94. The Morgan fingerprint density at radius 1 is 1.00 bits per heavy atom. The standard InChI is InChI=1S/C14H13N3/c15-11-6-2-1-5-10(11)9-14-16-12-7-3-4-8-13(12)17-14/h1-8H,9,15H2,(H,16,17). The first kappa shape index (κ1) is 9.90. The molecule has 0 aliphatic rings. The number of fused-ring (bicyclic) bond motifs is 1. The Labute approximate surface area is 99.3 Å². The van der Waals surface area contributed by atoms with Crippen molar-refractivity contribution in [2.24, 2.45) is 0 Å². The summed E-state index contributed by atoms with van der Waals surface area (Å²) in [6, 6.07) is 15.9. The van der Waals surface area contributed by atoms with E-state index in [1.807, 2.05) is 48.5 Å². The molecule has 0 amide bonds. The minimum Gasteiger partial charge on any atom is -0.398 e. The van der Waals surface area contributed by atoms with E-state index in [1.54, 1.807) is 0 Å². The summed E-state index contributed by atoms with van der Waals surface area (Å²) in [5, 5.41) is 0. The molecule has 0 saturated carbocycles. The number of hydrogen-bond acceptors (Lipinski definition) is 2. The monoisotopic (exact) mass is 223 g/mol. The molecule has 0 spiro atoms. The molecule has 1 heterocycles. The Kier molecular flexibility index (Phi) is 2.29. The van der Waals surface area contributed by atoms with Crippen LogP contribution < -0.4 is 5.73 Å². The fraction of sp³-hybridized carbons (Fsp3) is 0.0714. The van der Waals surface area contributed by atoms with E-state index in [-0.39, 0.29) is 0 Å². The molecule has 3 nitrogen and oxygen atoms in total. The van der Waals surface area contributed by atoms with E-state index in [1.165, 1.54) is 0 Å². The second-order valence-electron chi connectivity index (χ2n) is 4.08. The van der Waals surface area contributed by atoms with Gasteiger partial charge in [0.25, 0.3) is 0 Å². The zero-order chi connectivity index (χ0) is 11.7. The van der Waals surface area contributed by atoms with Crippen LogP contribution in [0.2, 0.25) is 0 Å². The third-order valence-corrected chi connectivity index (χ3v) is 2.85. The Hall–Kier alpha value is -2.29. The van der Waals surface area contributed by atoms with Crippen LogP contribution in [0.4, 0.5) is 5.69 Å². The first-order chi connectivity index (χ1) is 8.33. The van der Waals surface area contributed by atoms with Crippen molar-refractivity contribution in [3.8, 4) is 0 Å². The van der Waals surface area contributed by atoms with Crippen LogP contribution in [0.25, 0.3) is 11.0 Å². The maximum atomic E-state index is 5.92. The molecule has 0 saturated heterocycles. The largest absolute Gasteiger partial charge is 0.398 e. The lowest BCUT2D eigenvalue weighted by atomic mass is 10.1. The lowest BCUT2D eigenvalue weighted by Gasteiger charge is -2.01. The fourth-order valence-electron chi connectivity index (χ4n) is 1.96. The number of nitrogens with zero attached hydrogens (tertiary/aromatic N) is 1. The van der Waals surface area contributed by atoms with Gasteiger partial charge in [-0.25, -0.2) is 4.98 Å². The zero-order valence-corrected chi connectivity index (χ0v) is 9.35. The molecule has 0 aliphatic heterocycles. The highest BCUT2D eigenvalue weighted by molar-refractivity contribution is 5.74. The van der Waals surface area contributed by atoms with Gasteiger partial charge in [0.15, 0.2) is 0 Å². The van der Waals surface area contributed by atoms with E-state index in [0.29, 0.717) is 0 Å². The Bertz CT molecular complexity index is 622. The van der Waals surface area contributed by atoms with Crippen molar-refractivity contribution in [1.82, 2.24) is 9.97 Å². The van der Waals surface area contributed by atoms with Gasteiger partial charge in [-0.3, -0.25) is 0 Å². The van der Waals surface area contributed by atoms with Crippen LogP contribution in [0.1, 0.15) is 11.4 Å². The average Bonchev–Trinajstić information content (AvgIpc) is 2.74. The number of H-pyrrole nitrogens is 1. The number of benzene rings is 2. The van der Waals surface area contributed by atoms with Crippen LogP contribution in [0.15, 0.2) is 48.5 Å². The van der Waals surface area contributed by atoms with E-state index in [2.05, 4.69) is 9.97 Å². The summed E-state index contributed by atoms with van der Waals surface area (Å²) in [5.41, 5.74) is 9.90. The third kappa shape index (κ3) is 1.87. The molecule has 2 aromatic carbocycles. The number of rotatable bonds is 2. The molecule has 0 bridgehead atoms. The molecule has 0 aliphatic carbocycles. The molecule has 0 radical (unpaired) electrons. The molecule has 3 aromatic rings. The summed E-state index contributed by atoms with van der Waals surface area (Å²) in [7, 11) is 0. The van der Waals surface area contributed by atoms with Crippen LogP contribution in [0.5, 0.6) is 0 Å². The summed E-state index contributed by atoms with van der Waals surface area (Å²) >= 11 is 0. The molecule has 3 heteroatoms. The van der Waals surface area contributed by atoms with Crippen molar-refractivity contribution in [3.05, 3.63) is 59.9 Å². The quantitative estimate of drug-likeness (QED) is 0.656. The van der Waals surface area contributed by atoms with Crippen LogP contribution in [-0.2, 0) is 6.42 Å². The molecule has 1 aromatic heterocycles. The highest BCUT2D eigenvalue weighted by Gasteiger charge is 2.04. The second-order valence-corrected chi connectivity index (χ2v) is 4.08. The minimum absolute atomic E-state index is 0.737. The van der Waals surface area contributed by atoms with E-state index in [0.717, 1.165) is 34.5 Å². The minimum atomic E-state index is 0.737. The number of hydrogen-bond donors (Lipinski definition) is 2. The Morgan fingerprint density at radius 3 is 2.59 bits per heavy atom. The summed E-state index contributed by atoms with van der Waals surface area (Å²) in [5.74, 6) is 0.948. The van der Waals surface area contributed by atoms with Crippen LogP contribution >= 0.6 is 0 Å². The molecule has 0 fully saturated rings. The van der Waals surface area contributed by atoms with Gasteiger partial charge in [0, 0.05) is 12.1 Å². The first-order valence-corrected chi connectivity index (χ1v) is 5.60. The highest BCUT2D eigenvalue weighted by atomic mass is 14.9. The van der Waals surface area contributed by atoms with Gasteiger partial charge in [-0.1, -0.05) is 30.3 Å². The van der Waals surface area contributed by atoms with E-state index >= 15 is 0 Å². The average molecular weight is 223 g/mol. The Balaban J connectivity index is 1.98. The summed E-state index contributed by atoms with van der Waals surface area (Å²) in [6.07, 6.45) is 0.737. The number of imidazole rings is 1. The first-order valence-electron chi connectivity index (χ1n) is 5.60. The number of aromatic amines is 1. The highest BCUT2D eigenvalue weighted by Crippen LogP contribution is 2.17. The molecular weight excluding hydrogens is 210 g/mol. The zero-order valence-electron chi connectivity index (χ0n) is 9.35. The number of nitrogens with two attached hydrogens (primary N) is 1. The van der Waals surface area contributed by atoms with E-state index in [9.17, 15) is 0 Å². The Morgan fingerprint density at radius 2 is 1.76 bits per heavy atom. The van der Waals surface area contributed by atoms with Gasteiger partial charge >= 0.3 is 0 Å². The summed E-state index contributed by atoms with van der Waals surface area (Å²) in [6.45, 7) is 0. The van der Waals surface area contributed by atoms with Gasteiger partial charge in [0.1, 0.15) is 5.82 Å². The van der Waals surface area contributed by atoms with Crippen LogP contribution in [0.3, 0.4) is 0 Å². The van der Waals surface area contributed by atoms with Crippen LogP contribution in [-0.4, -0.2) is 9.97 Å². The van der Waals surface area contributed by atoms with Gasteiger partial charge in [-0.15, -0.1) is 0 Å². The lowest BCUT2D eigenvalue weighted by Crippen LogP contribution is -1.96.